The molecule has 0 aliphatic carbocycles. The van der Waals surface area contributed by atoms with E-state index in [9.17, 15) is 14.9 Å². The van der Waals surface area contributed by atoms with Crippen LogP contribution in [0.2, 0.25) is 0 Å². The molecular formula is C24H20N2O5. The van der Waals surface area contributed by atoms with E-state index in [0.29, 0.717) is 35.1 Å². The Labute approximate surface area is 179 Å². The van der Waals surface area contributed by atoms with E-state index in [1.165, 1.54) is 13.2 Å². The second-order valence-electron chi connectivity index (χ2n) is 6.36. The maximum atomic E-state index is 12.5. The molecule has 0 saturated heterocycles. The van der Waals surface area contributed by atoms with Gasteiger partial charge in [-0.05, 0) is 43.3 Å². The molecule has 1 heterocycles. The minimum absolute atomic E-state index is 0.108. The third-order valence-corrected chi connectivity index (χ3v) is 4.27. The number of rotatable bonds is 7. The minimum Gasteiger partial charge on any atom is -0.494 e. The maximum Gasteiger partial charge on any atom is 0.337 e. The summed E-state index contributed by atoms with van der Waals surface area (Å²) in [6, 6.07) is 18.9. The van der Waals surface area contributed by atoms with Crippen LogP contribution >= 0.6 is 0 Å². The predicted molar refractivity (Wildman–Crippen MR) is 115 cm³/mol. The van der Waals surface area contributed by atoms with Crippen LogP contribution in [0.3, 0.4) is 0 Å². The van der Waals surface area contributed by atoms with Crippen LogP contribution in [-0.4, -0.2) is 25.6 Å². The molecule has 7 heteroatoms. The van der Waals surface area contributed by atoms with Crippen LogP contribution in [0.1, 0.15) is 23.0 Å². The number of esters is 1. The number of carbonyl (C=O) groups excluding carboxylic acids is 2. The quantitative estimate of drug-likeness (QED) is 0.341. The Bertz CT molecular complexity index is 1150. The molecule has 3 aromatic rings. The van der Waals surface area contributed by atoms with E-state index in [4.69, 9.17) is 9.15 Å². The first-order valence-electron chi connectivity index (χ1n) is 9.48. The highest BCUT2D eigenvalue weighted by Crippen LogP contribution is 2.24. The van der Waals surface area contributed by atoms with E-state index in [1.54, 1.807) is 60.7 Å². The van der Waals surface area contributed by atoms with Crippen molar-refractivity contribution in [3.8, 4) is 23.1 Å². The number of benzene rings is 2. The second kappa shape index (κ2) is 9.94. The van der Waals surface area contributed by atoms with Crippen molar-refractivity contribution in [3.05, 3.63) is 77.6 Å². The number of amides is 1. The Morgan fingerprint density at radius 2 is 1.90 bits per heavy atom. The zero-order valence-corrected chi connectivity index (χ0v) is 17.0. The molecule has 156 valence electrons. The van der Waals surface area contributed by atoms with Crippen molar-refractivity contribution in [3.63, 3.8) is 0 Å². The van der Waals surface area contributed by atoms with Crippen LogP contribution in [0.5, 0.6) is 5.75 Å². The number of methoxy groups -OCH3 is 1. The van der Waals surface area contributed by atoms with Gasteiger partial charge in [-0.25, -0.2) is 4.79 Å². The number of carbonyl (C=O) groups is 2. The van der Waals surface area contributed by atoms with Gasteiger partial charge in [-0.2, -0.15) is 5.26 Å². The molecule has 3 rings (SSSR count). The van der Waals surface area contributed by atoms with Crippen molar-refractivity contribution in [2.75, 3.05) is 19.0 Å². The topological polar surface area (TPSA) is 102 Å². The summed E-state index contributed by atoms with van der Waals surface area (Å²) in [5.41, 5.74) is 1.57. The van der Waals surface area contributed by atoms with Crippen molar-refractivity contribution in [2.45, 2.75) is 6.92 Å². The molecule has 7 nitrogen and oxygen atoms in total. The summed E-state index contributed by atoms with van der Waals surface area (Å²) in [6.07, 6.45) is 1.37. The van der Waals surface area contributed by atoms with Gasteiger partial charge in [0, 0.05) is 23.4 Å². The molecular weight excluding hydrogens is 396 g/mol. The standard InChI is InChI=1S/C24H20N2O5/c1-3-30-20-6-4-5-19(14-20)26-23(27)18(15-25)13-21-11-12-22(31-21)16-7-9-17(10-8-16)24(28)29-2/h4-14H,3H2,1-2H3,(H,26,27)/b18-13-. The average Bonchev–Trinajstić information content (AvgIpc) is 3.26. The Hall–Kier alpha value is -4.31. The minimum atomic E-state index is -0.559. The van der Waals surface area contributed by atoms with Crippen molar-refractivity contribution in [1.82, 2.24) is 0 Å². The normalized spacial score (nSPS) is 10.8. The van der Waals surface area contributed by atoms with Gasteiger partial charge in [0.25, 0.3) is 5.91 Å². The van der Waals surface area contributed by atoms with Crippen LogP contribution in [0.4, 0.5) is 5.69 Å². The molecule has 0 saturated carbocycles. The van der Waals surface area contributed by atoms with E-state index in [1.807, 2.05) is 13.0 Å². The summed E-state index contributed by atoms with van der Waals surface area (Å²) in [4.78, 5) is 24.0. The highest BCUT2D eigenvalue weighted by molar-refractivity contribution is 6.09. The molecule has 1 aromatic heterocycles. The van der Waals surface area contributed by atoms with Crippen LogP contribution in [0, 0.1) is 11.3 Å². The molecule has 2 aromatic carbocycles. The third kappa shape index (κ3) is 5.40. The number of nitriles is 1. The molecule has 1 amide bonds. The van der Waals surface area contributed by atoms with Crippen LogP contribution in [-0.2, 0) is 9.53 Å². The lowest BCUT2D eigenvalue weighted by molar-refractivity contribution is -0.112. The highest BCUT2D eigenvalue weighted by Gasteiger charge is 2.12. The molecule has 31 heavy (non-hydrogen) atoms. The second-order valence-corrected chi connectivity index (χ2v) is 6.36. The largest absolute Gasteiger partial charge is 0.494 e. The van der Waals surface area contributed by atoms with Gasteiger partial charge in [-0.3, -0.25) is 4.79 Å². The van der Waals surface area contributed by atoms with Gasteiger partial charge in [0.15, 0.2) is 0 Å². The van der Waals surface area contributed by atoms with Crippen molar-refractivity contribution in [1.29, 1.82) is 5.26 Å². The molecule has 0 bridgehead atoms. The fourth-order valence-electron chi connectivity index (χ4n) is 2.79. The number of hydrogen-bond acceptors (Lipinski definition) is 6. The van der Waals surface area contributed by atoms with E-state index in [0.717, 1.165) is 5.56 Å². The summed E-state index contributed by atoms with van der Waals surface area (Å²) in [5.74, 6) is 0.519. The average molecular weight is 416 g/mol. The molecule has 1 N–H and O–H groups in total. The first-order chi connectivity index (χ1) is 15.0. The monoisotopic (exact) mass is 416 g/mol. The van der Waals surface area contributed by atoms with Crippen molar-refractivity contribution < 1.29 is 23.5 Å². The van der Waals surface area contributed by atoms with Gasteiger partial charge in [-0.1, -0.05) is 18.2 Å². The Morgan fingerprint density at radius 3 is 2.58 bits per heavy atom. The summed E-state index contributed by atoms with van der Waals surface area (Å²) in [5, 5.41) is 12.1. The van der Waals surface area contributed by atoms with Crippen molar-refractivity contribution in [2.24, 2.45) is 0 Å². The first-order valence-corrected chi connectivity index (χ1v) is 9.48. The number of ether oxygens (including phenoxy) is 2. The van der Waals surface area contributed by atoms with Crippen molar-refractivity contribution >= 4 is 23.6 Å². The molecule has 0 aliphatic rings. The fourth-order valence-corrected chi connectivity index (χ4v) is 2.79. The first kappa shape index (κ1) is 21.4. The van der Waals surface area contributed by atoms with Gasteiger partial charge in [0.1, 0.15) is 28.9 Å². The van der Waals surface area contributed by atoms with E-state index >= 15 is 0 Å². The lowest BCUT2D eigenvalue weighted by Gasteiger charge is -2.07. The number of hydrogen-bond donors (Lipinski definition) is 1. The maximum absolute atomic E-state index is 12.5. The molecule has 0 radical (unpaired) electrons. The van der Waals surface area contributed by atoms with Gasteiger partial charge >= 0.3 is 5.97 Å². The molecule has 0 aliphatic heterocycles. The SMILES string of the molecule is CCOc1cccc(NC(=O)/C(C#N)=C\c2ccc(-c3ccc(C(=O)OC)cc3)o2)c1. The third-order valence-electron chi connectivity index (χ3n) is 4.27. The number of nitrogens with one attached hydrogen (secondary N) is 1. The van der Waals surface area contributed by atoms with E-state index in [2.05, 4.69) is 10.1 Å². The Kier molecular flexibility index (Phi) is 6.86. The highest BCUT2D eigenvalue weighted by atomic mass is 16.5. The van der Waals surface area contributed by atoms with Gasteiger partial charge < -0.3 is 19.2 Å². The summed E-state index contributed by atoms with van der Waals surface area (Å²) in [6.45, 7) is 2.37. The fraction of sp³-hybridized carbons (Fsp3) is 0.125. The van der Waals surface area contributed by atoms with Gasteiger partial charge in [0.2, 0.25) is 0 Å². The lowest BCUT2D eigenvalue weighted by atomic mass is 10.1. The lowest BCUT2D eigenvalue weighted by Crippen LogP contribution is -2.13. The van der Waals surface area contributed by atoms with Crippen LogP contribution in [0.15, 0.2) is 70.7 Å². The summed E-state index contributed by atoms with van der Waals surface area (Å²) >= 11 is 0. The number of furan rings is 1. The van der Waals surface area contributed by atoms with Gasteiger partial charge in [0.05, 0.1) is 19.3 Å². The molecule has 0 unspecified atom stereocenters. The zero-order valence-electron chi connectivity index (χ0n) is 17.0. The Morgan fingerprint density at radius 1 is 1.13 bits per heavy atom. The molecule has 0 atom stereocenters. The smallest absolute Gasteiger partial charge is 0.337 e. The number of nitrogens with zero attached hydrogens (tertiary/aromatic N) is 1. The molecule has 0 spiro atoms. The van der Waals surface area contributed by atoms with E-state index < -0.39 is 11.9 Å². The van der Waals surface area contributed by atoms with Crippen LogP contribution in [0.25, 0.3) is 17.4 Å². The zero-order chi connectivity index (χ0) is 22.2. The van der Waals surface area contributed by atoms with Gasteiger partial charge in [-0.15, -0.1) is 0 Å². The summed E-state index contributed by atoms with van der Waals surface area (Å²) < 4.78 is 15.8. The summed E-state index contributed by atoms with van der Waals surface area (Å²) in [7, 11) is 1.32. The molecule has 0 fully saturated rings. The number of anilines is 1. The Balaban J connectivity index is 1.75. The van der Waals surface area contributed by atoms with Crippen LogP contribution < -0.4 is 10.1 Å². The predicted octanol–water partition coefficient (Wildman–Crippen LogP) is 4.68. The van der Waals surface area contributed by atoms with E-state index in [-0.39, 0.29) is 5.57 Å².